The van der Waals surface area contributed by atoms with Gasteiger partial charge in [0, 0.05) is 13.1 Å². The van der Waals surface area contributed by atoms with E-state index in [9.17, 15) is 10.2 Å². The van der Waals surface area contributed by atoms with Gasteiger partial charge >= 0.3 is 0 Å². The van der Waals surface area contributed by atoms with Crippen LogP contribution in [-0.4, -0.2) is 60.1 Å². The van der Waals surface area contributed by atoms with Gasteiger partial charge in [0.15, 0.2) is 0 Å². The number of likely N-dealkylation sites (N-methyl/N-ethyl adjacent to an activating group) is 1. The van der Waals surface area contributed by atoms with Crippen LogP contribution in [0.5, 0.6) is 5.75 Å². The predicted molar refractivity (Wildman–Crippen MR) is 131 cm³/mol. The third kappa shape index (κ3) is 6.80. The van der Waals surface area contributed by atoms with Crippen molar-refractivity contribution in [1.29, 1.82) is 0 Å². The topological polar surface area (TPSA) is 79.0 Å². The van der Waals surface area contributed by atoms with Crippen molar-refractivity contribution in [3.05, 3.63) is 41.5 Å². The molecule has 180 valence electrons. The molecule has 5 heteroatoms. The highest BCUT2D eigenvalue weighted by Gasteiger charge is 2.31. The van der Waals surface area contributed by atoms with Crippen molar-refractivity contribution in [2.75, 3.05) is 33.4 Å². The van der Waals surface area contributed by atoms with E-state index in [1.165, 1.54) is 36.8 Å². The number of ether oxygens (including phenoxy) is 1. The first-order valence-electron chi connectivity index (χ1n) is 12.4. The molecule has 0 radical (unpaired) electrons. The van der Waals surface area contributed by atoms with Gasteiger partial charge in [-0.15, -0.1) is 0 Å². The Kier molecular flexibility index (Phi) is 8.79. The summed E-state index contributed by atoms with van der Waals surface area (Å²) in [6, 6.07) is 6.71. The maximum Gasteiger partial charge on any atom is 0.123 e. The molecule has 0 heterocycles. The standard InChI is InChI=1S/C27H44N2O3/c1-19(2)32-26-8-7-21(9-10-29(4)16-27(28,17-30)18-31)15-25(26)24-12-20(3)11-22-5-6-23(13-22)14-24/h5-8,15,19-20,22-24,30-31H,9-14,16-18,28H2,1-4H3. The Morgan fingerprint density at radius 1 is 1.09 bits per heavy atom. The van der Waals surface area contributed by atoms with E-state index in [1.807, 2.05) is 7.05 Å². The van der Waals surface area contributed by atoms with Gasteiger partial charge in [0.05, 0.1) is 24.9 Å². The van der Waals surface area contributed by atoms with E-state index in [-0.39, 0.29) is 19.3 Å². The maximum absolute atomic E-state index is 9.48. The van der Waals surface area contributed by atoms with Crippen LogP contribution in [0.1, 0.15) is 63.5 Å². The number of allylic oxidation sites excluding steroid dienone is 2. The summed E-state index contributed by atoms with van der Waals surface area (Å²) in [5.41, 5.74) is 7.76. The number of nitrogens with two attached hydrogens (primary N) is 1. The summed E-state index contributed by atoms with van der Waals surface area (Å²) in [5.74, 6) is 3.73. The fraction of sp³-hybridized carbons (Fsp3) is 0.704. The molecule has 4 unspecified atom stereocenters. The van der Waals surface area contributed by atoms with Gasteiger partial charge in [-0.1, -0.05) is 31.2 Å². The van der Waals surface area contributed by atoms with Crippen LogP contribution in [0.25, 0.3) is 0 Å². The molecule has 1 fully saturated rings. The lowest BCUT2D eigenvalue weighted by molar-refractivity contribution is 0.0918. The number of hydrogen-bond donors (Lipinski definition) is 3. The summed E-state index contributed by atoms with van der Waals surface area (Å²) in [5, 5.41) is 19.0. The molecule has 3 rings (SSSR count). The van der Waals surface area contributed by atoms with Crippen molar-refractivity contribution in [3.8, 4) is 5.75 Å². The molecule has 0 spiro atoms. The van der Waals surface area contributed by atoms with Crippen molar-refractivity contribution in [2.45, 2.75) is 70.4 Å². The molecule has 1 aromatic rings. The van der Waals surface area contributed by atoms with Crippen molar-refractivity contribution >= 4 is 0 Å². The van der Waals surface area contributed by atoms with E-state index >= 15 is 0 Å². The first-order chi connectivity index (χ1) is 15.2. The number of aliphatic hydroxyl groups is 2. The van der Waals surface area contributed by atoms with Gasteiger partial charge in [0.1, 0.15) is 5.75 Å². The van der Waals surface area contributed by atoms with Crippen LogP contribution >= 0.6 is 0 Å². The fourth-order valence-electron chi connectivity index (χ4n) is 5.54. The average Bonchev–Trinajstić information content (AvgIpc) is 3.19. The Balaban J connectivity index is 1.76. The first-order valence-corrected chi connectivity index (χ1v) is 12.4. The molecule has 1 saturated carbocycles. The van der Waals surface area contributed by atoms with Crippen LogP contribution < -0.4 is 10.5 Å². The molecule has 4 atom stereocenters. The lowest BCUT2D eigenvalue weighted by atomic mass is 9.76. The Bertz CT molecular complexity index is 759. The van der Waals surface area contributed by atoms with Gasteiger partial charge in [-0.3, -0.25) is 0 Å². The van der Waals surface area contributed by atoms with Crippen molar-refractivity contribution in [2.24, 2.45) is 23.5 Å². The molecule has 0 amide bonds. The Hall–Kier alpha value is -1.40. The van der Waals surface area contributed by atoms with Crippen LogP contribution in [0, 0.1) is 17.8 Å². The molecule has 32 heavy (non-hydrogen) atoms. The number of fused-ring (bicyclic) bond motifs is 2. The van der Waals surface area contributed by atoms with E-state index in [2.05, 4.69) is 56.0 Å². The van der Waals surface area contributed by atoms with Crippen LogP contribution in [0.15, 0.2) is 30.4 Å². The number of aliphatic hydroxyl groups excluding tert-OH is 2. The van der Waals surface area contributed by atoms with Crippen molar-refractivity contribution in [3.63, 3.8) is 0 Å². The second-order valence-electron chi connectivity index (χ2n) is 10.9. The SMILES string of the molecule is CC1CC2C=CC(C2)CC(c2cc(CCN(C)CC(N)(CO)CO)ccc2OC(C)C)C1. The van der Waals surface area contributed by atoms with Crippen LogP contribution in [0.2, 0.25) is 0 Å². The molecule has 1 aromatic carbocycles. The summed E-state index contributed by atoms with van der Waals surface area (Å²) in [7, 11) is 1.99. The molecule has 2 aliphatic carbocycles. The Morgan fingerprint density at radius 3 is 2.44 bits per heavy atom. The summed E-state index contributed by atoms with van der Waals surface area (Å²) in [6.45, 7) is 7.42. The maximum atomic E-state index is 9.48. The monoisotopic (exact) mass is 444 g/mol. The molecule has 0 aliphatic heterocycles. The molecule has 4 N–H and O–H groups in total. The van der Waals surface area contributed by atoms with Crippen molar-refractivity contribution < 1.29 is 14.9 Å². The number of rotatable bonds is 10. The summed E-state index contributed by atoms with van der Waals surface area (Å²) in [6.07, 6.45) is 11.0. The van der Waals surface area contributed by atoms with Crippen LogP contribution in [0.3, 0.4) is 0 Å². The highest BCUT2D eigenvalue weighted by molar-refractivity contribution is 5.40. The normalized spacial score (nSPS) is 25.9. The number of benzene rings is 1. The van der Waals surface area contributed by atoms with E-state index in [0.29, 0.717) is 24.3 Å². The van der Waals surface area contributed by atoms with Gasteiger partial charge in [0.25, 0.3) is 0 Å². The molecule has 0 saturated heterocycles. The number of nitrogens with zero attached hydrogens (tertiary/aromatic N) is 1. The predicted octanol–water partition coefficient (Wildman–Crippen LogP) is 3.73. The molecule has 0 aromatic heterocycles. The minimum absolute atomic E-state index is 0.155. The lowest BCUT2D eigenvalue weighted by Crippen LogP contribution is -2.55. The van der Waals surface area contributed by atoms with Gasteiger partial charge in [0.2, 0.25) is 0 Å². The van der Waals surface area contributed by atoms with Gasteiger partial charge in [-0.25, -0.2) is 0 Å². The quantitative estimate of drug-likeness (QED) is 0.479. The summed E-state index contributed by atoms with van der Waals surface area (Å²) in [4.78, 5) is 2.09. The van der Waals surface area contributed by atoms with Crippen LogP contribution in [-0.2, 0) is 6.42 Å². The third-order valence-electron chi connectivity index (χ3n) is 7.11. The largest absolute Gasteiger partial charge is 0.491 e. The summed E-state index contributed by atoms with van der Waals surface area (Å²) < 4.78 is 6.26. The minimum Gasteiger partial charge on any atom is -0.491 e. The first kappa shape index (κ1) is 25.2. The molecule has 2 aliphatic rings. The van der Waals surface area contributed by atoms with E-state index in [1.54, 1.807) is 0 Å². The third-order valence-corrected chi connectivity index (χ3v) is 7.11. The van der Waals surface area contributed by atoms with Gasteiger partial charge in [-0.2, -0.15) is 0 Å². The highest BCUT2D eigenvalue weighted by Crippen LogP contribution is 2.44. The van der Waals surface area contributed by atoms with Crippen molar-refractivity contribution in [1.82, 2.24) is 4.90 Å². The second-order valence-corrected chi connectivity index (χ2v) is 10.9. The highest BCUT2D eigenvalue weighted by atomic mass is 16.5. The number of hydrogen-bond acceptors (Lipinski definition) is 5. The molecular weight excluding hydrogens is 400 g/mol. The van der Waals surface area contributed by atoms with Gasteiger partial charge in [-0.05, 0) is 93.9 Å². The van der Waals surface area contributed by atoms with Gasteiger partial charge < -0.3 is 25.6 Å². The zero-order valence-corrected chi connectivity index (χ0v) is 20.5. The summed E-state index contributed by atoms with van der Waals surface area (Å²) >= 11 is 0. The Morgan fingerprint density at radius 2 is 1.78 bits per heavy atom. The molecule has 5 nitrogen and oxygen atoms in total. The van der Waals surface area contributed by atoms with E-state index in [4.69, 9.17) is 10.5 Å². The average molecular weight is 445 g/mol. The minimum atomic E-state index is -0.962. The fourth-order valence-corrected chi connectivity index (χ4v) is 5.54. The lowest BCUT2D eigenvalue weighted by Gasteiger charge is -2.31. The van der Waals surface area contributed by atoms with E-state index in [0.717, 1.165) is 24.6 Å². The van der Waals surface area contributed by atoms with E-state index < -0.39 is 5.54 Å². The molecule has 2 bridgehead atoms. The van der Waals surface area contributed by atoms with Crippen LogP contribution in [0.4, 0.5) is 0 Å². The smallest absolute Gasteiger partial charge is 0.123 e. The molecular formula is C27H44N2O3. The zero-order valence-electron chi connectivity index (χ0n) is 20.5. The Labute approximate surface area is 194 Å². The second kappa shape index (κ2) is 11.1. The zero-order chi connectivity index (χ0) is 23.3.